The maximum atomic E-state index is 12.8. The molecule has 0 atom stereocenters. The highest BCUT2D eigenvalue weighted by Gasteiger charge is 2.30. The number of rotatable bonds is 3. The molecule has 0 aliphatic carbocycles. The minimum Gasteiger partial charge on any atom is -0.283 e. The molecule has 2 aromatic carbocycles. The van der Waals surface area contributed by atoms with E-state index in [1.165, 1.54) is 22.9 Å². The molecule has 0 unspecified atom stereocenters. The topological polar surface area (TPSA) is 34.9 Å². The van der Waals surface area contributed by atoms with E-state index in [9.17, 15) is 18.0 Å². The predicted molar refractivity (Wildman–Crippen MR) is 93.6 cm³/mol. The smallest absolute Gasteiger partial charge is 0.283 e. The second-order valence-electron chi connectivity index (χ2n) is 5.51. The lowest BCUT2D eigenvalue weighted by molar-refractivity contribution is -0.137. The van der Waals surface area contributed by atoms with Crippen molar-refractivity contribution >= 4 is 29.5 Å². The van der Waals surface area contributed by atoms with Crippen LogP contribution in [-0.2, 0) is 11.0 Å². The van der Waals surface area contributed by atoms with Gasteiger partial charge in [0.1, 0.15) is 5.69 Å². The van der Waals surface area contributed by atoms with Gasteiger partial charge < -0.3 is 0 Å². The lowest BCUT2D eigenvalue weighted by Crippen LogP contribution is -2.05. The molecule has 3 aromatic rings. The average molecular weight is 398 g/mol. The molecule has 133 valence electrons. The first-order chi connectivity index (χ1) is 12.2. The first-order valence-electron chi connectivity index (χ1n) is 7.33. The highest BCUT2D eigenvalue weighted by atomic mass is 35.5. The van der Waals surface area contributed by atoms with Crippen LogP contribution in [-0.4, -0.2) is 16.1 Å². The zero-order valence-corrected chi connectivity index (χ0v) is 14.7. The summed E-state index contributed by atoms with van der Waals surface area (Å²) in [6, 6.07) is 9.30. The van der Waals surface area contributed by atoms with Crippen LogP contribution in [0.4, 0.5) is 13.2 Å². The van der Waals surface area contributed by atoms with E-state index in [-0.39, 0.29) is 10.7 Å². The molecular formula is C18H10Cl2F3N2O. The number of hydrogen-bond donors (Lipinski definition) is 0. The number of benzene rings is 2. The Kier molecular flexibility index (Phi) is 4.82. The van der Waals surface area contributed by atoms with Crippen molar-refractivity contribution in [2.24, 2.45) is 0 Å². The highest BCUT2D eigenvalue weighted by molar-refractivity contribution is 6.35. The van der Waals surface area contributed by atoms with Crippen LogP contribution in [0.15, 0.2) is 42.5 Å². The summed E-state index contributed by atoms with van der Waals surface area (Å²) in [5.41, 5.74) is 1.10. The van der Waals surface area contributed by atoms with Crippen LogP contribution < -0.4 is 0 Å². The fourth-order valence-corrected chi connectivity index (χ4v) is 3.06. The number of alkyl halides is 3. The van der Waals surface area contributed by atoms with E-state index < -0.39 is 11.7 Å². The fourth-order valence-electron chi connectivity index (χ4n) is 2.58. The monoisotopic (exact) mass is 397 g/mol. The summed E-state index contributed by atoms with van der Waals surface area (Å²) in [6.07, 6.45) is -2.70. The van der Waals surface area contributed by atoms with E-state index in [1.807, 2.05) is 0 Å². The van der Waals surface area contributed by atoms with Crippen LogP contribution >= 0.6 is 23.2 Å². The van der Waals surface area contributed by atoms with Crippen molar-refractivity contribution in [1.82, 2.24) is 9.78 Å². The lowest BCUT2D eigenvalue weighted by atomic mass is 10.0. The molecule has 26 heavy (non-hydrogen) atoms. The molecule has 0 aliphatic heterocycles. The molecule has 0 fully saturated rings. The van der Waals surface area contributed by atoms with Crippen molar-refractivity contribution in [3.05, 3.63) is 69.3 Å². The van der Waals surface area contributed by atoms with Crippen LogP contribution in [0.2, 0.25) is 10.0 Å². The molecule has 3 nitrogen and oxygen atoms in total. The minimum atomic E-state index is -4.44. The van der Waals surface area contributed by atoms with Crippen LogP contribution in [0.25, 0.3) is 16.9 Å². The van der Waals surface area contributed by atoms with Crippen LogP contribution in [0.5, 0.6) is 0 Å². The summed E-state index contributed by atoms with van der Waals surface area (Å²) < 4.78 is 39.8. The Balaban J connectivity index is 2.21. The predicted octanol–water partition coefficient (Wildman–Crippen LogP) is 5.63. The third-order valence-electron chi connectivity index (χ3n) is 3.84. The van der Waals surface area contributed by atoms with Crippen molar-refractivity contribution in [2.75, 3.05) is 0 Å². The third-order valence-corrected chi connectivity index (χ3v) is 4.38. The van der Waals surface area contributed by atoms with E-state index in [4.69, 9.17) is 23.2 Å². The Hall–Kier alpha value is -2.31. The van der Waals surface area contributed by atoms with Crippen LogP contribution in [0.3, 0.4) is 0 Å². The Morgan fingerprint density at radius 1 is 1.08 bits per heavy atom. The molecule has 0 saturated heterocycles. The molecule has 3 rings (SSSR count). The number of aromatic nitrogens is 2. The van der Waals surface area contributed by atoms with Gasteiger partial charge in [0.25, 0.3) is 6.29 Å². The molecular weight excluding hydrogens is 388 g/mol. The first-order valence-corrected chi connectivity index (χ1v) is 8.09. The summed E-state index contributed by atoms with van der Waals surface area (Å²) in [5.74, 6) is 0. The van der Waals surface area contributed by atoms with Crippen molar-refractivity contribution in [2.45, 2.75) is 13.1 Å². The summed E-state index contributed by atoms with van der Waals surface area (Å²) in [5, 5.41) is 4.88. The van der Waals surface area contributed by atoms with Crippen LogP contribution in [0.1, 0.15) is 16.8 Å². The first kappa shape index (κ1) is 18.5. The molecule has 1 radical (unpaired) electrons. The van der Waals surface area contributed by atoms with E-state index >= 15 is 0 Å². The fraction of sp³-hybridized carbons (Fsp3) is 0.111. The van der Waals surface area contributed by atoms with Gasteiger partial charge in [-0.15, -0.1) is 0 Å². The van der Waals surface area contributed by atoms with Gasteiger partial charge in [-0.05, 0) is 37.3 Å². The SMILES string of the molecule is Cc1c([C]=O)nn(-c2ccc(Cl)cc2Cl)c1-c1ccc(C(F)(F)F)cc1. The van der Waals surface area contributed by atoms with E-state index in [0.29, 0.717) is 27.5 Å². The summed E-state index contributed by atoms with van der Waals surface area (Å²) in [7, 11) is 0. The standard InChI is InChI=1S/C18H10Cl2F3N2O/c1-10-15(9-26)24-25(16-7-6-13(19)8-14(16)20)17(10)11-2-4-12(5-3-11)18(21,22)23/h2-8H,1H3. The second kappa shape index (κ2) is 6.78. The van der Waals surface area contributed by atoms with Crippen molar-refractivity contribution in [3.63, 3.8) is 0 Å². The van der Waals surface area contributed by atoms with E-state index in [0.717, 1.165) is 12.1 Å². The maximum Gasteiger partial charge on any atom is 0.416 e. The Labute approximate surface area is 157 Å². The zero-order chi connectivity index (χ0) is 19.1. The molecule has 8 heteroatoms. The Morgan fingerprint density at radius 2 is 1.73 bits per heavy atom. The average Bonchev–Trinajstić information content (AvgIpc) is 2.90. The molecule has 0 amide bonds. The Bertz CT molecular complexity index is 979. The van der Waals surface area contributed by atoms with Gasteiger partial charge in [0.05, 0.1) is 22.0 Å². The van der Waals surface area contributed by atoms with Crippen LogP contribution in [0, 0.1) is 6.92 Å². The molecule has 0 bridgehead atoms. The van der Waals surface area contributed by atoms with Gasteiger partial charge in [-0.2, -0.15) is 18.3 Å². The Morgan fingerprint density at radius 3 is 2.27 bits per heavy atom. The molecule has 0 spiro atoms. The summed E-state index contributed by atoms with van der Waals surface area (Å²) >= 11 is 12.1. The van der Waals surface area contributed by atoms with Gasteiger partial charge in [0, 0.05) is 16.1 Å². The van der Waals surface area contributed by atoms with Crippen molar-refractivity contribution in [1.29, 1.82) is 0 Å². The van der Waals surface area contributed by atoms with Crippen molar-refractivity contribution in [3.8, 4) is 16.9 Å². The van der Waals surface area contributed by atoms with E-state index in [2.05, 4.69) is 5.10 Å². The largest absolute Gasteiger partial charge is 0.416 e. The molecule has 1 heterocycles. The number of halogens is 5. The minimum absolute atomic E-state index is 0.0471. The van der Waals surface area contributed by atoms with Gasteiger partial charge in [-0.1, -0.05) is 35.3 Å². The number of nitrogens with zero attached hydrogens (tertiary/aromatic N) is 2. The van der Waals surface area contributed by atoms with Gasteiger partial charge >= 0.3 is 6.18 Å². The van der Waals surface area contributed by atoms with Crippen molar-refractivity contribution < 1.29 is 18.0 Å². The number of carbonyl (C=O) groups excluding carboxylic acids is 1. The van der Waals surface area contributed by atoms with Gasteiger partial charge in [-0.3, -0.25) is 4.79 Å². The maximum absolute atomic E-state index is 12.8. The van der Waals surface area contributed by atoms with Gasteiger partial charge in [-0.25, -0.2) is 4.68 Å². The normalized spacial score (nSPS) is 11.6. The lowest BCUT2D eigenvalue weighted by Gasteiger charge is -2.12. The van der Waals surface area contributed by atoms with Gasteiger partial charge in [0.2, 0.25) is 0 Å². The highest BCUT2D eigenvalue weighted by Crippen LogP contribution is 2.34. The zero-order valence-electron chi connectivity index (χ0n) is 13.2. The second-order valence-corrected chi connectivity index (χ2v) is 6.35. The molecule has 0 N–H and O–H groups in total. The molecule has 0 saturated carbocycles. The van der Waals surface area contributed by atoms with E-state index in [1.54, 1.807) is 25.3 Å². The summed E-state index contributed by atoms with van der Waals surface area (Å²) in [6.45, 7) is 1.64. The molecule has 0 aliphatic rings. The third kappa shape index (κ3) is 3.34. The number of hydrogen-bond acceptors (Lipinski definition) is 2. The van der Waals surface area contributed by atoms with Gasteiger partial charge in [0.15, 0.2) is 0 Å². The quantitative estimate of drug-likeness (QED) is 0.573. The summed E-state index contributed by atoms with van der Waals surface area (Å²) in [4.78, 5) is 11.2. The molecule has 1 aromatic heterocycles.